The zero-order valence-electron chi connectivity index (χ0n) is 13.4. The number of hydrogen-bond donors (Lipinski definition) is 2. The van der Waals surface area contributed by atoms with Crippen molar-refractivity contribution < 1.29 is 23.0 Å². The molecule has 0 aliphatic carbocycles. The average Bonchev–Trinajstić information content (AvgIpc) is 2.57. The molecule has 0 amide bonds. The summed E-state index contributed by atoms with van der Waals surface area (Å²) in [4.78, 5) is 0.132. The Morgan fingerprint density at radius 3 is 2.58 bits per heavy atom. The van der Waals surface area contributed by atoms with Gasteiger partial charge in [-0.1, -0.05) is 6.07 Å². The number of hydrogen-bond acceptors (Lipinski definition) is 6. The Balaban J connectivity index is 1.97. The van der Waals surface area contributed by atoms with Gasteiger partial charge in [0.1, 0.15) is 18.5 Å². The smallest absolute Gasteiger partial charge is 0.206 e. The van der Waals surface area contributed by atoms with Crippen LogP contribution in [0.4, 0.5) is 0 Å². The van der Waals surface area contributed by atoms with Crippen molar-refractivity contribution in [3.63, 3.8) is 0 Å². The Kier molecular flexibility index (Phi) is 4.38. The number of phenols is 1. The highest BCUT2D eigenvalue weighted by Crippen LogP contribution is 2.36. The Morgan fingerprint density at radius 2 is 1.88 bits per heavy atom. The lowest BCUT2D eigenvalue weighted by Crippen LogP contribution is -2.37. The molecule has 3 rings (SSSR count). The van der Waals surface area contributed by atoms with Gasteiger partial charge in [-0.05, 0) is 43.8 Å². The van der Waals surface area contributed by atoms with Crippen LogP contribution in [0.5, 0.6) is 17.2 Å². The molecule has 0 saturated heterocycles. The summed E-state index contributed by atoms with van der Waals surface area (Å²) in [7, 11) is -1.94. The summed E-state index contributed by atoms with van der Waals surface area (Å²) >= 11 is 0. The normalized spacial score (nSPS) is 16.8. The van der Waals surface area contributed by atoms with Crippen LogP contribution in [-0.2, 0) is 9.84 Å². The highest BCUT2D eigenvalue weighted by atomic mass is 32.2. The van der Waals surface area contributed by atoms with Crippen LogP contribution in [0.1, 0.15) is 5.56 Å². The topological polar surface area (TPSA) is 84.9 Å². The van der Waals surface area contributed by atoms with Crippen molar-refractivity contribution in [3.8, 4) is 17.2 Å². The molecule has 1 unspecified atom stereocenters. The molecule has 1 aliphatic rings. The second-order valence-corrected chi connectivity index (χ2v) is 7.62. The molecule has 0 aromatic heterocycles. The molecular formula is C17H19NO5S. The third-order valence-corrected chi connectivity index (χ3v) is 5.62. The van der Waals surface area contributed by atoms with Crippen molar-refractivity contribution in [2.24, 2.45) is 0 Å². The van der Waals surface area contributed by atoms with Gasteiger partial charge in [0, 0.05) is 12.6 Å². The van der Waals surface area contributed by atoms with Crippen LogP contribution in [0.3, 0.4) is 0 Å². The molecule has 0 spiro atoms. The third-order valence-electron chi connectivity index (χ3n) is 3.87. The molecular weight excluding hydrogens is 330 g/mol. The lowest BCUT2D eigenvalue weighted by atomic mass is 10.2. The van der Waals surface area contributed by atoms with E-state index >= 15 is 0 Å². The van der Waals surface area contributed by atoms with E-state index in [1.54, 1.807) is 19.1 Å². The Morgan fingerprint density at radius 1 is 1.17 bits per heavy atom. The Bertz CT molecular complexity index is 863. The molecule has 0 radical (unpaired) electrons. The molecule has 2 aromatic rings. The van der Waals surface area contributed by atoms with Gasteiger partial charge >= 0.3 is 0 Å². The number of phenolic OH excluding ortho intramolecular Hbond substituents is 1. The molecule has 0 bridgehead atoms. The second-order valence-electron chi connectivity index (χ2n) is 5.67. The minimum Gasteiger partial charge on any atom is -0.508 e. The predicted octanol–water partition coefficient (Wildman–Crippen LogP) is 1.89. The quantitative estimate of drug-likeness (QED) is 0.877. The summed E-state index contributed by atoms with van der Waals surface area (Å²) < 4.78 is 36.9. The lowest BCUT2D eigenvalue weighted by Gasteiger charge is -2.26. The maximum atomic E-state index is 12.8. The van der Waals surface area contributed by atoms with Gasteiger partial charge in [-0.15, -0.1) is 0 Å². The van der Waals surface area contributed by atoms with Crippen LogP contribution < -0.4 is 14.8 Å². The van der Waals surface area contributed by atoms with Gasteiger partial charge in [-0.2, -0.15) is 0 Å². The fourth-order valence-electron chi connectivity index (χ4n) is 2.48. The van der Waals surface area contributed by atoms with E-state index in [0.717, 1.165) is 0 Å². The van der Waals surface area contributed by atoms with Crippen molar-refractivity contribution in [1.29, 1.82) is 0 Å². The molecule has 24 heavy (non-hydrogen) atoms. The summed E-state index contributed by atoms with van der Waals surface area (Å²) in [5.41, 5.74) is 0.617. The van der Waals surface area contributed by atoms with Gasteiger partial charge in [-0.3, -0.25) is 0 Å². The first-order valence-electron chi connectivity index (χ1n) is 7.54. The molecule has 2 N–H and O–H groups in total. The van der Waals surface area contributed by atoms with Crippen LogP contribution in [0.2, 0.25) is 0 Å². The maximum Gasteiger partial charge on any atom is 0.206 e. The monoisotopic (exact) mass is 349 g/mol. The molecule has 0 saturated carbocycles. The summed E-state index contributed by atoms with van der Waals surface area (Å²) in [6.07, 6.45) is -0.177. The van der Waals surface area contributed by atoms with E-state index in [9.17, 15) is 13.5 Å². The predicted molar refractivity (Wildman–Crippen MR) is 88.6 cm³/mol. The molecule has 0 fully saturated rings. The number of benzene rings is 2. The molecule has 6 nitrogen and oxygen atoms in total. The lowest BCUT2D eigenvalue weighted by molar-refractivity contribution is 0.0915. The minimum absolute atomic E-state index is 0.0362. The molecule has 1 aliphatic heterocycles. The highest BCUT2D eigenvalue weighted by Gasteiger charge is 2.25. The van der Waals surface area contributed by atoms with E-state index in [0.29, 0.717) is 30.2 Å². The van der Waals surface area contributed by atoms with Crippen molar-refractivity contribution >= 4 is 9.84 Å². The van der Waals surface area contributed by atoms with E-state index < -0.39 is 9.84 Å². The summed E-state index contributed by atoms with van der Waals surface area (Å²) in [6.45, 7) is 2.71. The fourth-order valence-corrected chi connectivity index (χ4v) is 3.78. The van der Waals surface area contributed by atoms with Gasteiger partial charge in [0.05, 0.1) is 9.79 Å². The Labute approximate surface area is 141 Å². The number of sulfone groups is 1. The zero-order valence-corrected chi connectivity index (χ0v) is 14.3. The molecule has 1 atom stereocenters. The van der Waals surface area contributed by atoms with Gasteiger partial charge in [0.15, 0.2) is 11.5 Å². The Hall–Kier alpha value is -2.25. The third kappa shape index (κ3) is 3.05. The number of aromatic hydroxyl groups is 1. The number of ether oxygens (including phenoxy) is 2. The number of fused-ring (bicyclic) bond motifs is 1. The van der Waals surface area contributed by atoms with E-state index in [2.05, 4.69) is 5.32 Å². The summed E-state index contributed by atoms with van der Waals surface area (Å²) in [5, 5.41) is 12.8. The van der Waals surface area contributed by atoms with Gasteiger partial charge < -0.3 is 19.9 Å². The second kappa shape index (κ2) is 6.33. The minimum atomic E-state index is -3.75. The summed E-state index contributed by atoms with van der Waals surface area (Å²) in [5.74, 6) is 0.870. The zero-order chi connectivity index (χ0) is 17.3. The maximum absolute atomic E-state index is 12.8. The summed E-state index contributed by atoms with van der Waals surface area (Å²) in [6, 6.07) is 8.83. The number of nitrogens with one attached hydrogen (secondary N) is 1. The first-order valence-corrected chi connectivity index (χ1v) is 9.03. The average molecular weight is 349 g/mol. The van der Waals surface area contributed by atoms with Gasteiger partial charge in [0.2, 0.25) is 9.84 Å². The van der Waals surface area contributed by atoms with Gasteiger partial charge in [-0.25, -0.2) is 8.42 Å². The van der Waals surface area contributed by atoms with Crippen LogP contribution >= 0.6 is 0 Å². The van der Waals surface area contributed by atoms with Crippen LogP contribution in [-0.4, -0.2) is 39.8 Å². The largest absolute Gasteiger partial charge is 0.508 e. The van der Waals surface area contributed by atoms with Crippen LogP contribution in [0.15, 0.2) is 46.2 Å². The fraction of sp³-hybridized carbons (Fsp3) is 0.294. The molecule has 7 heteroatoms. The standard InChI is InChI=1S/C17H19NO5S/c1-11-3-4-13(7-15(11)19)24(20,21)14-5-6-16-17(8-14)23-12(9-18-2)10-22-16/h3-8,12,18-19H,9-10H2,1-2H3. The first kappa shape index (κ1) is 16.6. The van der Waals surface area contributed by atoms with E-state index in [4.69, 9.17) is 9.47 Å². The van der Waals surface area contributed by atoms with E-state index in [-0.39, 0.29) is 21.6 Å². The van der Waals surface area contributed by atoms with Crippen molar-refractivity contribution in [3.05, 3.63) is 42.0 Å². The van der Waals surface area contributed by atoms with Crippen LogP contribution in [0, 0.1) is 6.92 Å². The molecule has 128 valence electrons. The first-order chi connectivity index (χ1) is 11.4. The number of rotatable bonds is 4. The van der Waals surface area contributed by atoms with Crippen LogP contribution in [0.25, 0.3) is 0 Å². The number of likely N-dealkylation sites (N-methyl/N-ethyl adjacent to an activating group) is 1. The SMILES string of the molecule is CNCC1COc2ccc(S(=O)(=O)c3ccc(C)c(O)c3)cc2O1. The van der Waals surface area contributed by atoms with E-state index in [1.807, 2.05) is 7.05 Å². The van der Waals surface area contributed by atoms with Crippen molar-refractivity contribution in [1.82, 2.24) is 5.32 Å². The van der Waals surface area contributed by atoms with E-state index in [1.165, 1.54) is 24.3 Å². The highest BCUT2D eigenvalue weighted by molar-refractivity contribution is 7.91. The van der Waals surface area contributed by atoms with Crippen molar-refractivity contribution in [2.45, 2.75) is 22.8 Å². The molecule has 2 aromatic carbocycles. The number of aryl methyl sites for hydroxylation is 1. The van der Waals surface area contributed by atoms with Gasteiger partial charge in [0.25, 0.3) is 0 Å². The molecule has 1 heterocycles. The van der Waals surface area contributed by atoms with Crippen molar-refractivity contribution in [2.75, 3.05) is 20.2 Å².